The van der Waals surface area contributed by atoms with Crippen LogP contribution in [0.2, 0.25) is 0 Å². The molecule has 0 unspecified atom stereocenters. The second-order valence-electron chi connectivity index (χ2n) is 3.89. The lowest BCUT2D eigenvalue weighted by Crippen LogP contribution is -2.14. The maximum absolute atomic E-state index is 12.1. The van der Waals surface area contributed by atoms with Gasteiger partial charge in [-0.25, -0.2) is 0 Å². The van der Waals surface area contributed by atoms with Crippen molar-refractivity contribution in [3.05, 3.63) is 22.5 Å². The van der Waals surface area contributed by atoms with Crippen molar-refractivity contribution >= 4 is 11.8 Å². The first kappa shape index (κ1) is 15.2. The molecule has 0 spiro atoms. The molecule has 0 atom stereocenters. The van der Waals surface area contributed by atoms with E-state index in [2.05, 4.69) is 15.2 Å². The largest absolute Gasteiger partial charge is 0.493 e. The third-order valence-corrected chi connectivity index (χ3v) is 3.40. The van der Waals surface area contributed by atoms with Gasteiger partial charge in [0.05, 0.1) is 26.9 Å². The predicted molar refractivity (Wildman–Crippen MR) is 79.5 cm³/mol. The zero-order valence-corrected chi connectivity index (χ0v) is 12.9. The second-order valence-corrected chi connectivity index (χ2v) is 4.69. The van der Waals surface area contributed by atoms with Crippen molar-refractivity contribution in [1.29, 1.82) is 0 Å². The van der Waals surface area contributed by atoms with Gasteiger partial charge in [-0.1, -0.05) is 11.8 Å². The number of aromatic nitrogens is 3. The smallest absolute Gasteiger partial charge is 0.278 e. The molecule has 1 heterocycles. The van der Waals surface area contributed by atoms with Crippen LogP contribution in [0.3, 0.4) is 0 Å². The highest BCUT2D eigenvalue weighted by molar-refractivity contribution is 7.98. The number of rotatable bonds is 5. The van der Waals surface area contributed by atoms with E-state index in [-0.39, 0.29) is 11.3 Å². The van der Waals surface area contributed by atoms with E-state index in [4.69, 9.17) is 14.2 Å². The highest BCUT2D eigenvalue weighted by Gasteiger charge is 2.20. The summed E-state index contributed by atoms with van der Waals surface area (Å²) in [6.45, 7) is 0. The third kappa shape index (κ3) is 2.80. The molecule has 2 rings (SSSR count). The lowest BCUT2D eigenvalue weighted by molar-refractivity contribution is 0.325. The van der Waals surface area contributed by atoms with Crippen LogP contribution in [0.4, 0.5) is 0 Å². The summed E-state index contributed by atoms with van der Waals surface area (Å²) in [6.07, 6.45) is 1.80. The fraction of sp³-hybridized carbons (Fsp3) is 0.308. The zero-order valence-electron chi connectivity index (χ0n) is 12.1. The molecule has 1 N–H and O–H groups in total. The summed E-state index contributed by atoms with van der Waals surface area (Å²) >= 11 is 1.31. The van der Waals surface area contributed by atoms with Gasteiger partial charge in [0.2, 0.25) is 5.75 Å². The van der Waals surface area contributed by atoms with E-state index in [0.717, 1.165) is 0 Å². The molecule has 0 saturated heterocycles. The van der Waals surface area contributed by atoms with Gasteiger partial charge in [0, 0.05) is 0 Å². The Labute approximate surface area is 125 Å². The standard InChI is InChI=1S/C13H15N3O4S/c1-18-8-6-5-7(10(19-2)11(8)20-3)9-12(17)14-13(21-4)16-15-9/h5-6H,1-4H3,(H,14,16,17). The SMILES string of the molecule is COc1ccc(-c2nnc(SC)[nH]c2=O)c(OC)c1OC. The second kappa shape index (κ2) is 6.49. The van der Waals surface area contributed by atoms with E-state index in [9.17, 15) is 4.79 Å². The van der Waals surface area contributed by atoms with Crippen molar-refractivity contribution < 1.29 is 14.2 Å². The van der Waals surface area contributed by atoms with Crippen molar-refractivity contribution in [2.45, 2.75) is 5.16 Å². The summed E-state index contributed by atoms with van der Waals surface area (Å²) in [7, 11) is 4.51. The average Bonchev–Trinajstić information content (AvgIpc) is 2.53. The fourth-order valence-electron chi connectivity index (χ4n) is 1.88. The molecule has 112 valence electrons. The summed E-state index contributed by atoms with van der Waals surface area (Å²) in [4.78, 5) is 14.8. The number of benzene rings is 1. The van der Waals surface area contributed by atoms with Crippen molar-refractivity contribution in [2.24, 2.45) is 0 Å². The summed E-state index contributed by atoms with van der Waals surface area (Å²) in [5.74, 6) is 1.27. The molecule has 8 heteroatoms. The van der Waals surface area contributed by atoms with Crippen LogP contribution < -0.4 is 19.8 Å². The number of H-pyrrole nitrogens is 1. The summed E-state index contributed by atoms with van der Waals surface area (Å²) in [5.41, 5.74) is 0.294. The molecule has 0 radical (unpaired) electrons. The number of aromatic amines is 1. The van der Waals surface area contributed by atoms with Crippen molar-refractivity contribution in [1.82, 2.24) is 15.2 Å². The van der Waals surface area contributed by atoms with Gasteiger partial charge in [-0.2, -0.15) is 0 Å². The van der Waals surface area contributed by atoms with Gasteiger partial charge in [0.25, 0.3) is 5.56 Å². The maximum Gasteiger partial charge on any atom is 0.278 e. The van der Waals surface area contributed by atoms with Crippen molar-refractivity contribution in [3.63, 3.8) is 0 Å². The molecule has 0 fully saturated rings. The number of thioether (sulfide) groups is 1. The van der Waals surface area contributed by atoms with E-state index in [1.54, 1.807) is 18.4 Å². The van der Waals surface area contributed by atoms with Crippen molar-refractivity contribution in [3.8, 4) is 28.5 Å². The molecule has 0 amide bonds. The molecule has 7 nitrogen and oxygen atoms in total. The quantitative estimate of drug-likeness (QED) is 0.839. The average molecular weight is 309 g/mol. The molecular weight excluding hydrogens is 294 g/mol. The van der Waals surface area contributed by atoms with Gasteiger partial charge in [-0.15, -0.1) is 10.2 Å². The number of nitrogens with one attached hydrogen (secondary N) is 1. The Balaban J connectivity index is 2.67. The molecule has 21 heavy (non-hydrogen) atoms. The Kier molecular flexibility index (Phi) is 4.69. The first-order chi connectivity index (χ1) is 10.2. The summed E-state index contributed by atoms with van der Waals surface area (Å²) in [6, 6.07) is 3.36. The minimum absolute atomic E-state index is 0.158. The number of hydrogen-bond donors (Lipinski definition) is 1. The topological polar surface area (TPSA) is 86.3 Å². The van der Waals surface area contributed by atoms with Crippen LogP contribution in [0.1, 0.15) is 0 Å². The van der Waals surface area contributed by atoms with Crippen LogP contribution in [-0.4, -0.2) is 42.8 Å². The normalized spacial score (nSPS) is 10.3. The molecule has 0 aliphatic rings. The first-order valence-electron chi connectivity index (χ1n) is 5.96. The van der Waals surface area contributed by atoms with E-state index >= 15 is 0 Å². The predicted octanol–water partition coefficient (Wildman–Crippen LogP) is 1.58. The van der Waals surface area contributed by atoms with Gasteiger partial charge in [-0.3, -0.25) is 9.78 Å². The third-order valence-electron chi connectivity index (χ3n) is 2.83. The molecule has 0 bridgehead atoms. The molecular formula is C13H15N3O4S. The Morgan fingerprint density at radius 1 is 1.05 bits per heavy atom. The van der Waals surface area contributed by atoms with Gasteiger partial charge in [-0.05, 0) is 18.4 Å². The van der Waals surface area contributed by atoms with Crippen LogP contribution in [0.5, 0.6) is 17.2 Å². The Morgan fingerprint density at radius 2 is 1.76 bits per heavy atom. The van der Waals surface area contributed by atoms with Gasteiger partial charge in [0.15, 0.2) is 22.3 Å². The van der Waals surface area contributed by atoms with Crippen molar-refractivity contribution in [2.75, 3.05) is 27.6 Å². The fourth-order valence-corrected chi connectivity index (χ4v) is 2.20. The van der Waals surface area contributed by atoms with E-state index in [0.29, 0.717) is 28.0 Å². The Hall–Kier alpha value is -2.22. The molecule has 2 aromatic rings. The highest BCUT2D eigenvalue weighted by Crippen LogP contribution is 2.42. The monoisotopic (exact) mass is 309 g/mol. The molecule has 0 saturated carbocycles. The van der Waals surface area contributed by atoms with E-state index in [1.807, 2.05) is 0 Å². The van der Waals surface area contributed by atoms with Gasteiger partial charge >= 0.3 is 0 Å². The zero-order chi connectivity index (χ0) is 15.4. The lowest BCUT2D eigenvalue weighted by Gasteiger charge is -2.14. The number of ether oxygens (including phenoxy) is 3. The minimum atomic E-state index is -0.347. The molecule has 0 aliphatic heterocycles. The summed E-state index contributed by atoms with van der Waals surface area (Å²) < 4.78 is 15.8. The van der Waals surface area contributed by atoms with E-state index < -0.39 is 0 Å². The number of hydrogen-bond acceptors (Lipinski definition) is 7. The number of nitrogens with zero attached hydrogens (tertiary/aromatic N) is 2. The Bertz CT molecular complexity index is 702. The highest BCUT2D eigenvalue weighted by atomic mass is 32.2. The van der Waals surface area contributed by atoms with Crippen LogP contribution >= 0.6 is 11.8 Å². The minimum Gasteiger partial charge on any atom is -0.493 e. The van der Waals surface area contributed by atoms with Crippen LogP contribution in [-0.2, 0) is 0 Å². The molecule has 1 aromatic heterocycles. The summed E-state index contributed by atoms with van der Waals surface area (Å²) in [5, 5.41) is 8.35. The van der Waals surface area contributed by atoms with Gasteiger partial charge in [0.1, 0.15) is 0 Å². The lowest BCUT2D eigenvalue weighted by atomic mass is 10.1. The van der Waals surface area contributed by atoms with Crippen LogP contribution in [0.15, 0.2) is 22.1 Å². The molecule has 1 aromatic carbocycles. The number of methoxy groups -OCH3 is 3. The van der Waals surface area contributed by atoms with Crippen LogP contribution in [0.25, 0.3) is 11.3 Å². The van der Waals surface area contributed by atoms with Gasteiger partial charge < -0.3 is 14.2 Å². The Morgan fingerprint density at radius 3 is 2.29 bits per heavy atom. The maximum atomic E-state index is 12.1. The molecule has 0 aliphatic carbocycles. The van der Waals surface area contributed by atoms with E-state index in [1.165, 1.54) is 33.1 Å². The van der Waals surface area contributed by atoms with Crippen LogP contribution in [0, 0.1) is 0 Å². The first-order valence-corrected chi connectivity index (χ1v) is 7.19.